The monoisotopic (exact) mass is 433 g/mol. The molecule has 1 nitrogen and oxygen atoms in total. The molecule has 0 N–H and O–H groups in total. The number of fused-ring (bicyclic) bond motifs is 3. The highest BCUT2D eigenvalue weighted by Gasteiger charge is 2.20. The van der Waals surface area contributed by atoms with Gasteiger partial charge in [0.2, 0.25) is 0 Å². The Bertz CT molecular complexity index is 1400. The second-order valence-electron chi connectivity index (χ2n) is 7.48. The minimum absolute atomic E-state index is 1.16. The molecule has 0 saturated heterocycles. The number of para-hydroxylation sites is 1. The first-order chi connectivity index (χ1) is 15.3. The highest BCUT2D eigenvalue weighted by molar-refractivity contribution is 8.05. The van der Waals surface area contributed by atoms with E-state index >= 15 is 0 Å². The molecule has 1 aliphatic rings. The lowest BCUT2D eigenvalue weighted by Crippen LogP contribution is -2.10. The standard InChI is InChI=1S/C28H19NS2/c1-2-10-22(11-3-1)29(23-15-14-20-8-4-5-9-21(20)18-23)24-16-17-27-28(19-24)31-26-13-7-6-12-25(26)30-27/h1-19H. The van der Waals surface area contributed by atoms with E-state index < -0.39 is 0 Å². The van der Waals surface area contributed by atoms with Gasteiger partial charge in [0.25, 0.3) is 0 Å². The molecule has 5 aromatic rings. The van der Waals surface area contributed by atoms with E-state index in [-0.39, 0.29) is 0 Å². The summed E-state index contributed by atoms with van der Waals surface area (Å²) in [6.45, 7) is 0. The van der Waals surface area contributed by atoms with Crippen LogP contribution in [-0.4, -0.2) is 0 Å². The van der Waals surface area contributed by atoms with Gasteiger partial charge in [-0.15, -0.1) is 0 Å². The van der Waals surface area contributed by atoms with Gasteiger partial charge in [0, 0.05) is 36.6 Å². The fourth-order valence-corrected chi connectivity index (χ4v) is 6.24. The Balaban J connectivity index is 1.48. The molecular weight excluding hydrogens is 414 g/mol. The summed E-state index contributed by atoms with van der Waals surface area (Å²) in [4.78, 5) is 7.64. The first-order valence-corrected chi connectivity index (χ1v) is 11.9. The van der Waals surface area contributed by atoms with E-state index in [4.69, 9.17) is 0 Å². The molecule has 148 valence electrons. The molecule has 0 bridgehead atoms. The van der Waals surface area contributed by atoms with Crippen molar-refractivity contribution in [2.24, 2.45) is 0 Å². The zero-order chi connectivity index (χ0) is 20.6. The Morgan fingerprint density at radius 2 is 0.968 bits per heavy atom. The van der Waals surface area contributed by atoms with Gasteiger partial charge in [-0.2, -0.15) is 0 Å². The number of hydrogen-bond donors (Lipinski definition) is 0. The summed E-state index contributed by atoms with van der Waals surface area (Å²) in [6.07, 6.45) is 0. The normalized spacial score (nSPS) is 12.3. The fraction of sp³-hybridized carbons (Fsp3) is 0. The molecule has 0 fully saturated rings. The topological polar surface area (TPSA) is 3.24 Å². The summed E-state index contributed by atoms with van der Waals surface area (Å²) in [5.41, 5.74) is 3.50. The van der Waals surface area contributed by atoms with Crippen LogP contribution in [0.25, 0.3) is 10.8 Å². The first-order valence-electron chi connectivity index (χ1n) is 10.3. The molecule has 6 rings (SSSR count). The number of anilines is 3. The fourth-order valence-electron chi connectivity index (χ4n) is 4.00. The Morgan fingerprint density at radius 3 is 1.77 bits per heavy atom. The summed E-state index contributed by atoms with van der Waals surface area (Å²) >= 11 is 3.72. The Kier molecular flexibility index (Phi) is 4.71. The molecule has 0 aromatic heterocycles. The van der Waals surface area contributed by atoms with Crippen molar-refractivity contribution in [3.8, 4) is 0 Å². The van der Waals surface area contributed by atoms with Crippen LogP contribution in [0, 0.1) is 0 Å². The van der Waals surface area contributed by atoms with E-state index in [9.17, 15) is 0 Å². The van der Waals surface area contributed by atoms with Crippen molar-refractivity contribution in [2.45, 2.75) is 19.6 Å². The summed E-state index contributed by atoms with van der Waals surface area (Å²) in [6, 6.07) is 41.3. The molecule has 31 heavy (non-hydrogen) atoms. The third-order valence-electron chi connectivity index (χ3n) is 5.48. The molecule has 0 saturated carbocycles. The second kappa shape index (κ2) is 7.84. The maximum atomic E-state index is 2.35. The number of rotatable bonds is 3. The van der Waals surface area contributed by atoms with Gasteiger partial charge < -0.3 is 4.90 Å². The van der Waals surface area contributed by atoms with Crippen molar-refractivity contribution >= 4 is 51.4 Å². The van der Waals surface area contributed by atoms with Gasteiger partial charge >= 0.3 is 0 Å². The van der Waals surface area contributed by atoms with Gasteiger partial charge in [-0.05, 0) is 65.4 Å². The third-order valence-corrected chi connectivity index (χ3v) is 8.02. The summed E-state index contributed by atoms with van der Waals surface area (Å²) in [5.74, 6) is 0. The van der Waals surface area contributed by atoms with Gasteiger partial charge in [0.1, 0.15) is 0 Å². The van der Waals surface area contributed by atoms with Crippen LogP contribution >= 0.6 is 23.5 Å². The van der Waals surface area contributed by atoms with E-state index in [1.807, 2.05) is 23.5 Å². The molecule has 0 unspecified atom stereocenters. The lowest BCUT2D eigenvalue weighted by atomic mass is 10.1. The van der Waals surface area contributed by atoms with Gasteiger partial charge in [-0.3, -0.25) is 0 Å². The lowest BCUT2D eigenvalue weighted by molar-refractivity contribution is 1.14. The highest BCUT2D eigenvalue weighted by atomic mass is 32.2. The van der Waals surface area contributed by atoms with Crippen molar-refractivity contribution in [3.05, 3.63) is 115 Å². The maximum absolute atomic E-state index is 2.35. The van der Waals surface area contributed by atoms with Crippen LogP contribution in [-0.2, 0) is 0 Å². The zero-order valence-corrected chi connectivity index (χ0v) is 18.4. The van der Waals surface area contributed by atoms with E-state index in [0.29, 0.717) is 0 Å². The average Bonchev–Trinajstić information content (AvgIpc) is 2.83. The number of benzene rings is 5. The van der Waals surface area contributed by atoms with Crippen molar-refractivity contribution in [1.29, 1.82) is 0 Å². The number of hydrogen-bond acceptors (Lipinski definition) is 3. The minimum Gasteiger partial charge on any atom is -0.310 e. The predicted octanol–water partition coefficient (Wildman–Crippen LogP) is 8.93. The van der Waals surface area contributed by atoms with Crippen LogP contribution in [0.15, 0.2) is 135 Å². The van der Waals surface area contributed by atoms with E-state index in [0.717, 1.165) is 5.69 Å². The van der Waals surface area contributed by atoms with Crippen LogP contribution in [0.3, 0.4) is 0 Å². The minimum atomic E-state index is 1.16. The highest BCUT2D eigenvalue weighted by Crippen LogP contribution is 2.50. The predicted molar refractivity (Wildman–Crippen MR) is 133 cm³/mol. The Labute approximate surface area is 190 Å². The van der Waals surface area contributed by atoms with Crippen molar-refractivity contribution in [1.82, 2.24) is 0 Å². The average molecular weight is 434 g/mol. The van der Waals surface area contributed by atoms with E-state index in [1.165, 1.54) is 41.7 Å². The second-order valence-corrected chi connectivity index (χ2v) is 9.65. The third kappa shape index (κ3) is 3.50. The Morgan fingerprint density at radius 1 is 0.387 bits per heavy atom. The molecule has 0 atom stereocenters. The zero-order valence-electron chi connectivity index (χ0n) is 16.7. The van der Waals surface area contributed by atoms with Gasteiger partial charge in [-0.25, -0.2) is 0 Å². The van der Waals surface area contributed by atoms with Crippen LogP contribution in [0.1, 0.15) is 0 Å². The molecule has 0 amide bonds. The molecule has 0 aliphatic carbocycles. The smallest absolute Gasteiger partial charge is 0.0473 e. The molecule has 1 aliphatic heterocycles. The largest absolute Gasteiger partial charge is 0.310 e. The van der Waals surface area contributed by atoms with Gasteiger partial charge in [-0.1, -0.05) is 84.2 Å². The van der Waals surface area contributed by atoms with Crippen LogP contribution in [0.5, 0.6) is 0 Å². The first kappa shape index (κ1) is 18.6. The van der Waals surface area contributed by atoms with Crippen molar-refractivity contribution in [2.75, 3.05) is 4.90 Å². The lowest BCUT2D eigenvalue weighted by Gasteiger charge is -2.27. The van der Waals surface area contributed by atoms with Crippen LogP contribution in [0.4, 0.5) is 17.1 Å². The van der Waals surface area contributed by atoms with Crippen molar-refractivity contribution in [3.63, 3.8) is 0 Å². The number of nitrogens with zero attached hydrogens (tertiary/aromatic N) is 1. The quantitative estimate of drug-likeness (QED) is 0.274. The van der Waals surface area contributed by atoms with Crippen molar-refractivity contribution < 1.29 is 0 Å². The molecule has 0 spiro atoms. The SMILES string of the molecule is c1ccc(N(c2ccc3c(c2)Sc2ccccc2S3)c2ccc3ccccc3c2)cc1. The summed E-state index contributed by atoms with van der Waals surface area (Å²) < 4.78 is 0. The van der Waals surface area contributed by atoms with Gasteiger partial charge in [0.05, 0.1) is 0 Å². The van der Waals surface area contributed by atoms with E-state index in [2.05, 4.69) is 120 Å². The molecule has 0 radical (unpaired) electrons. The van der Waals surface area contributed by atoms with Crippen LogP contribution in [0.2, 0.25) is 0 Å². The van der Waals surface area contributed by atoms with Crippen LogP contribution < -0.4 is 4.90 Å². The maximum Gasteiger partial charge on any atom is 0.0473 e. The Hall–Kier alpha value is -3.14. The molecule has 3 heteroatoms. The van der Waals surface area contributed by atoms with E-state index in [1.54, 1.807) is 0 Å². The molecular formula is C28H19NS2. The van der Waals surface area contributed by atoms with Gasteiger partial charge in [0.15, 0.2) is 0 Å². The molecule has 5 aromatic carbocycles. The summed E-state index contributed by atoms with van der Waals surface area (Å²) in [7, 11) is 0. The molecule has 1 heterocycles. The summed E-state index contributed by atoms with van der Waals surface area (Å²) in [5, 5.41) is 2.51.